The second-order valence-electron chi connectivity index (χ2n) is 6.09. The summed E-state index contributed by atoms with van der Waals surface area (Å²) in [6, 6.07) is 6.12. The number of nitrogens with zero attached hydrogens (tertiary/aromatic N) is 1. The average molecular weight is 359 g/mol. The van der Waals surface area contributed by atoms with E-state index in [0.717, 1.165) is 13.1 Å². The lowest BCUT2D eigenvalue weighted by Crippen LogP contribution is -2.55. The Morgan fingerprint density at radius 3 is 2.67 bits per heavy atom. The van der Waals surface area contributed by atoms with Crippen LogP contribution in [-0.2, 0) is 4.74 Å². The molecule has 2 amide bonds. The normalized spacial score (nSPS) is 16.2. The summed E-state index contributed by atoms with van der Waals surface area (Å²) in [5, 5.41) is 5.46. The van der Waals surface area contributed by atoms with E-state index in [1.165, 1.54) is 0 Å². The summed E-state index contributed by atoms with van der Waals surface area (Å²) in [4.78, 5) is 14.7. The van der Waals surface area contributed by atoms with E-state index in [1.54, 1.807) is 24.3 Å². The van der Waals surface area contributed by atoms with Gasteiger partial charge in [-0.1, -0.05) is 23.9 Å². The fourth-order valence-corrected chi connectivity index (χ4v) is 3.11. The molecule has 8 heteroatoms. The van der Waals surface area contributed by atoms with E-state index in [-0.39, 0.29) is 5.54 Å². The number of carbonyl (C=O) groups excluding carboxylic acids is 1. The molecule has 1 aliphatic heterocycles. The Balaban J connectivity index is 1.89. The Bertz CT molecular complexity index is 552. The quantitative estimate of drug-likeness (QED) is 0.766. The molecule has 2 rings (SSSR count). The summed E-state index contributed by atoms with van der Waals surface area (Å²) < 4.78 is 30.5. The lowest BCUT2D eigenvalue weighted by Gasteiger charge is -2.40. The van der Waals surface area contributed by atoms with E-state index in [0.29, 0.717) is 42.1 Å². The Labute approximate surface area is 145 Å². The van der Waals surface area contributed by atoms with Crippen molar-refractivity contribution in [2.24, 2.45) is 0 Å². The molecule has 24 heavy (non-hydrogen) atoms. The van der Waals surface area contributed by atoms with E-state index < -0.39 is 11.8 Å². The molecule has 1 saturated heterocycles. The zero-order valence-electron chi connectivity index (χ0n) is 13.9. The zero-order chi connectivity index (χ0) is 17.6. The second kappa shape index (κ2) is 8.64. The monoisotopic (exact) mass is 359 g/mol. The SMILES string of the molecule is CC(C)(CNC(=O)Nc1ccccc1SC(F)F)N1CCOCC1. The van der Waals surface area contributed by atoms with Crippen LogP contribution >= 0.6 is 11.8 Å². The van der Waals surface area contributed by atoms with E-state index in [4.69, 9.17) is 4.74 Å². The van der Waals surface area contributed by atoms with Gasteiger partial charge in [-0.25, -0.2) is 4.79 Å². The third kappa shape index (κ3) is 5.61. The van der Waals surface area contributed by atoms with Crippen molar-refractivity contribution in [3.63, 3.8) is 0 Å². The fraction of sp³-hybridized carbons (Fsp3) is 0.562. The van der Waals surface area contributed by atoms with Crippen molar-refractivity contribution < 1.29 is 18.3 Å². The van der Waals surface area contributed by atoms with Gasteiger partial charge in [0.2, 0.25) is 0 Å². The molecule has 0 aliphatic carbocycles. The number of halogens is 2. The molecule has 1 aromatic rings. The first-order valence-corrected chi connectivity index (χ1v) is 8.68. The summed E-state index contributed by atoms with van der Waals surface area (Å²) in [6.45, 7) is 7.58. The number of anilines is 1. The number of alkyl halides is 2. The predicted octanol–water partition coefficient (Wildman–Crippen LogP) is 3.23. The molecular formula is C16H23F2N3O2S. The molecule has 5 nitrogen and oxygen atoms in total. The van der Waals surface area contributed by atoms with Crippen LogP contribution in [0.5, 0.6) is 0 Å². The number of amides is 2. The van der Waals surface area contributed by atoms with E-state index >= 15 is 0 Å². The Hall–Kier alpha value is -1.38. The maximum absolute atomic E-state index is 12.6. The maximum Gasteiger partial charge on any atom is 0.319 e. The van der Waals surface area contributed by atoms with Gasteiger partial charge in [-0.3, -0.25) is 4.90 Å². The smallest absolute Gasteiger partial charge is 0.319 e. The van der Waals surface area contributed by atoms with Gasteiger partial charge in [-0.2, -0.15) is 8.78 Å². The van der Waals surface area contributed by atoms with Crippen LogP contribution in [-0.4, -0.2) is 55.1 Å². The second-order valence-corrected chi connectivity index (χ2v) is 7.13. The van der Waals surface area contributed by atoms with Gasteiger partial charge in [0.15, 0.2) is 0 Å². The van der Waals surface area contributed by atoms with Crippen molar-refractivity contribution in [1.82, 2.24) is 10.2 Å². The lowest BCUT2D eigenvalue weighted by atomic mass is 10.0. The van der Waals surface area contributed by atoms with Gasteiger partial charge in [0.1, 0.15) is 0 Å². The van der Waals surface area contributed by atoms with E-state index in [2.05, 4.69) is 29.4 Å². The maximum atomic E-state index is 12.6. The molecule has 1 aliphatic rings. The van der Waals surface area contributed by atoms with Crippen LogP contribution in [0.25, 0.3) is 0 Å². The standard InChI is InChI=1S/C16H23F2N3O2S/c1-16(2,21-7-9-23-10-8-21)11-19-15(22)20-12-5-3-4-6-13(12)24-14(17)18/h3-6,14H,7-11H2,1-2H3,(H2,19,20,22). The molecule has 1 fully saturated rings. The summed E-state index contributed by atoms with van der Waals surface area (Å²) in [5.74, 6) is -2.53. The van der Waals surface area contributed by atoms with Gasteiger partial charge in [-0.15, -0.1) is 0 Å². The van der Waals surface area contributed by atoms with Gasteiger partial charge < -0.3 is 15.4 Å². The van der Waals surface area contributed by atoms with Crippen molar-refractivity contribution in [1.29, 1.82) is 0 Å². The first-order valence-electron chi connectivity index (χ1n) is 7.80. The molecule has 0 spiro atoms. The van der Waals surface area contributed by atoms with Crippen molar-refractivity contribution in [2.75, 3.05) is 38.2 Å². The van der Waals surface area contributed by atoms with Crippen molar-refractivity contribution in [3.05, 3.63) is 24.3 Å². The summed E-state index contributed by atoms with van der Waals surface area (Å²) in [7, 11) is 0. The molecule has 0 aromatic heterocycles. The number of rotatable bonds is 6. The Kier molecular flexibility index (Phi) is 6.82. The minimum Gasteiger partial charge on any atom is -0.379 e. The molecular weight excluding hydrogens is 336 g/mol. The van der Waals surface area contributed by atoms with Crippen molar-refractivity contribution >= 4 is 23.5 Å². The van der Waals surface area contributed by atoms with Crippen LogP contribution in [0, 0.1) is 0 Å². The lowest BCUT2D eigenvalue weighted by molar-refractivity contribution is -0.00863. The van der Waals surface area contributed by atoms with E-state index in [1.807, 2.05) is 0 Å². The third-order valence-corrected chi connectivity index (χ3v) is 4.69. The fourth-order valence-electron chi connectivity index (χ4n) is 2.51. The number of carbonyl (C=O) groups is 1. The number of para-hydroxylation sites is 1. The van der Waals surface area contributed by atoms with Gasteiger partial charge in [0, 0.05) is 30.1 Å². The molecule has 2 N–H and O–H groups in total. The third-order valence-electron chi connectivity index (χ3n) is 3.90. The minimum atomic E-state index is -2.53. The van der Waals surface area contributed by atoms with Crippen molar-refractivity contribution in [3.8, 4) is 0 Å². The van der Waals surface area contributed by atoms with Crippen LogP contribution in [0.1, 0.15) is 13.8 Å². The molecule has 0 unspecified atom stereocenters. The molecule has 1 aromatic carbocycles. The van der Waals surface area contributed by atoms with Crippen LogP contribution in [0.15, 0.2) is 29.2 Å². The highest BCUT2D eigenvalue weighted by Gasteiger charge is 2.28. The topological polar surface area (TPSA) is 53.6 Å². The molecule has 134 valence electrons. The summed E-state index contributed by atoms with van der Waals surface area (Å²) >= 11 is 0.415. The molecule has 0 bridgehead atoms. The highest BCUT2D eigenvalue weighted by Crippen LogP contribution is 2.31. The number of thioether (sulfide) groups is 1. The molecule has 1 heterocycles. The van der Waals surface area contributed by atoms with Crippen LogP contribution in [0.2, 0.25) is 0 Å². The molecule has 0 saturated carbocycles. The van der Waals surface area contributed by atoms with Gasteiger partial charge in [0.25, 0.3) is 5.76 Å². The summed E-state index contributed by atoms with van der Waals surface area (Å²) in [5.41, 5.74) is 0.169. The van der Waals surface area contributed by atoms with Gasteiger partial charge >= 0.3 is 6.03 Å². The first-order chi connectivity index (χ1) is 11.4. The number of hydrogen-bond acceptors (Lipinski definition) is 4. The first kappa shape index (κ1) is 19.0. The molecule has 0 radical (unpaired) electrons. The number of urea groups is 1. The number of ether oxygens (including phenoxy) is 1. The number of nitrogens with one attached hydrogen (secondary N) is 2. The highest BCUT2D eigenvalue weighted by atomic mass is 32.2. The minimum absolute atomic E-state index is 0.210. The van der Waals surface area contributed by atoms with Gasteiger partial charge in [-0.05, 0) is 26.0 Å². The van der Waals surface area contributed by atoms with Crippen LogP contribution in [0.3, 0.4) is 0 Å². The molecule has 0 atom stereocenters. The summed E-state index contributed by atoms with van der Waals surface area (Å²) in [6.07, 6.45) is 0. The van der Waals surface area contributed by atoms with Crippen LogP contribution < -0.4 is 10.6 Å². The predicted molar refractivity (Wildman–Crippen MR) is 91.8 cm³/mol. The highest BCUT2D eigenvalue weighted by molar-refractivity contribution is 7.99. The Morgan fingerprint density at radius 1 is 1.33 bits per heavy atom. The van der Waals surface area contributed by atoms with Crippen molar-refractivity contribution in [2.45, 2.75) is 30.0 Å². The zero-order valence-corrected chi connectivity index (χ0v) is 14.7. The van der Waals surface area contributed by atoms with E-state index in [9.17, 15) is 13.6 Å². The Morgan fingerprint density at radius 2 is 2.00 bits per heavy atom. The average Bonchev–Trinajstić information content (AvgIpc) is 2.55. The number of hydrogen-bond donors (Lipinski definition) is 2. The number of morpholine rings is 1. The van der Waals surface area contributed by atoms with Crippen LogP contribution in [0.4, 0.5) is 19.3 Å². The largest absolute Gasteiger partial charge is 0.379 e. The number of benzene rings is 1. The van der Waals surface area contributed by atoms with Gasteiger partial charge in [0.05, 0.1) is 18.9 Å².